The maximum absolute atomic E-state index is 12.1. The Morgan fingerprint density at radius 1 is 1.38 bits per heavy atom. The van der Waals surface area contributed by atoms with Gasteiger partial charge in [-0.15, -0.1) is 0 Å². The van der Waals surface area contributed by atoms with E-state index in [1.807, 2.05) is 0 Å². The van der Waals surface area contributed by atoms with E-state index in [0.717, 1.165) is 0 Å². The molecule has 0 saturated heterocycles. The van der Waals surface area contributed by atoms with Crippen LogP contribution in [0.3, 0.4) is 0 Å². The lowest BCUT2D eigenvalue weighted by Gasteiger charge is -2.02. The first-order valence-electron chi connectivity index (χ1n) is 4.46. The lowest BCUT2D eigenvalue weighted by atomic mass is 10.6. The summed E-state index contributed by atoms with van der Waals surface area (Å²) in [5.74, 6) is -1.12. The number of nitrogens with one attached hydrogen (secondary N) is 1. The van der Waals surface area contributed by atoms with E-state index >= 15 is 0 Å². The van der Waals surface area contributed by atoms with Crippen LogP contribution in [-0.2, 0) is 10.9 Å². The van der Waals surface area contributed by atoms with Gasteiger partial charge in [0.1, 0.15) is 0 Å². The van der Waals surface area contributed by atoms with Crippen molar-refractivity contribution >= 4 is 16.7 Å². The molecule has 0 aliphatic carbocycles. The normalized spacial score (nSPS) is 11.8. The van der Waals surface area contributed by atoms with Crippen molar-refractivity contribution in [3.63, 3.8) is 0 Å². The van der Waals surface area contributed by atoms with Gasteiger partial charge in [-0.05, 0) is 0 Å². The Labute approximate surface area is 94.0 Å². The summed E-state index contributed by atoms with van der Waals surface area (Å²) in [6.45, 7) is 1.56. The van der Waals surface area contributed by atoms with E-state index in [2.05, 4.69) is 14.7 Å². The third kappa shape index (κ3) is 4.29. The zero-order chi connectivity index (χ0) is 12.0. The van der Waals surface area contributed by atoms with Crippen LogP contribution in [0.2, 0.25) is 0 Å². The number of halogens is 3. The van der Waals surface area contributed by atoms with Crippen molar-refractivity contribution in [1.82, 2.24) is 9.36 Å². The van der Waals surface area contributed by atoms with Crippen molar-refractivity contribution in [3.05, 3.63) is 5.82 Å². The number of nitrogens with two attached hydrogens (primary N) is 1. The Kier molecular flexibility index (Phi) is 4.90. The molecule has 1 aromatic rings. The Balaban J connectivity index is 2.30. The van der Waals surface area contributed by atoms with E-state index in [9.17, 15) is 13.2 Å². The molecule has 0 unspecified atom stereocenters. The molecule has 0 saturated carbocycles. The first kappa shape index (κ1) is 13.1. The van der Waals surface area contributed by atoms with Gasteiger partial charge < -0.3 is 15.8 Å². The number of aromatic nitrogens is 2. The van der Waals surface area contributed by atoms with Crippen LogP contribution in [0.25, 0.3) is 0 Å². The Morgan fingerprint density at radius 2 is 2.12 bits per heavy atom. The molecule has 0 radical (unpaired) electrons. The minimum absolute atomic E-state index is 0.128. The highest BCUT2D eigenvalue weighted by Crippen LogP contribution is 2.28. The van der Waals surface area contributed by atoms with Gasteiger partial charge in [0, 0.05) is 24.6 Å². The number of alkyl halides is 3. The van der Waals surface area contributed by atoms with E-state index in [0.29, 0.717) is 37.8 Å². The van der Waals surface area contributed by atoms with E-state index in [4.69, 9.17) is 10.5 Å². The highest BCUT2D eigenvalue weighted by Gasteiger charge is 2.35. The van der Waals surface area contributed by atoms with Crippen LogP contribution in [0.5, 0.6) is 0 Å². The zero-order valence-corrected chi connectivity index (χ0v) is 9.07. The summed E-state index contributed by atoms with van der Waals surface area (Å²) < 4.78 is 44.5. The van der Waals surface area contributed by atoms with Crippen LogP contribution < -0.4 is 11.1 Å². The second-order valence-electron chi connectivity index (χ2n) is 2.75. The van der Waals surface area contributed by atoms with E-state index < -0.39 is 12.0 Å². The summed E-state index contributed by atoms with van der Waals surface area (Å²) in [4.78, 5) is 3.29. The summed E-state index contributed by atoms with van der Waals surface area (Å²) in [5, 5.41) is 2.80. The standard InChI is InChI=1S/C7H11F3N4OS/c8-7(9,10)5-13-6(16-14-5)12-2-4-15-3-1-11/h1-4,11H2,(H,12,13,14). The van der Waals surface area contributed by atoms with Gasteiger partial charge in [0.15, 0.2) is 0 Å². The number of hydrogen-bond acceptors (Lipinski definition) is 6. The summed E-state index contributed by atoms with van der Waals surface area (Å²) in [6, 6.07) is 0. The van der Waals surface area contributed by atoms with Crippen LogP contribution in [0.1, 0.15) is 5.82 Å². The highest BCUT2D eigenvalue weighted by molar-refractivity contribution is 7.09. The predicted octanol–water partition coefficient (Wildman–Crippen LogP) is 0.944. The van der Waals surface area contributed by atoms with Gasteiger partial charge in [-0.1, -0.05) is 0 Å². The number of hydrogen-bond donors (Lipinski definition) is 2. The second kappa shape index (κ2) is 5.97. The largest absolute Gasteiger partial charge is 0.452 e. The van der Waals surface area contributed by atoms with Crippen molar-refractivity contribution in [2.24, 2.45) is 5.73 Å². The third-order valence-corrected chi connectivity index (χ3v) is 2.14. The van der Waals surface area contributed by atoms with Crippen LogP contribution in [0.15, 0.2) is 0 Å². The number of rotatable bonds is 6. The smallest absolute Gasteiger partial charge is 0.378 e. The molecule has 0 aliphatic heterocycles. The molecule has 0 aliphatic rings. The third-order valence-electron chi connectivity index (χ3n) is 1.46. The van der Waals surface area contributed by atoms with E-state index in [1.165, 1.54) is 0 Å². The zero-order valence-electron chi connectivity index (χ0n) is 8.25. The summed E-state index contributed by atoms with van der Waals surface area (Å²) in [6.07, 6.45) is -4.49. The minimum atomic E-state index is -4.49. The van der Waals surface area contributed by atoms with E-state index in [1.54, 1.807) is 0 Å². The van der Waals surface area contributed by atoms with Gasteiger partial charge in [-0.3, -0.25) is 0 Å². The first-order chi connectivity index (χ1) is 7.54. The quantitative estimate of drug-likeness (QED) is 0.741. The number of ether oxygens (including phenoxy) is 1. The predicted molar refractivity (Wildman–Crippen MR) is 53.3 cm³/mol. The molecule has 1 rings (SSSR count). The van der Waals surface area contributed by atoms with Gasteiger partial charge >= 0.3 is 6.18 Å². The van der Waals surface area contributed by atoms with Gasteiger partial charge in [-0.2, -0.15) is 22.5 Å². The van der Waals surface area contributed by atoms with Gasteiger partial charge in [-0.25, -0.2) is 0 Å². The molecule has 16 heavy (non-hydrogen) atoms. The molecule has 9 heteroatoms. The van der Waals surface area contributed by atoms with Crippen molar-refractivity contribution in [2.75, 3.05) is 31.6 Å². The lowest BCUT2D eigenvalue weighted by Crippen LogP contribution is -2.14. The highest BCUT2D eigenvalue weighted by atomic mass is 32.1. The van der Waals surface area contributed by atoms with E-state index in [-0.39, 0.29) is 5.13 Å². The summed E-state index contributed by atoms with van der Waals surface area (Å²) in [7, 11) is 0. The topological polar surface area (TPSA) is 73.1 Å². The molecule has 0 amide bonds. The molecule has 3 N–H and O–H groups in total. The molecular weight excluding hydrogens is 245 g/mol. The summed E-state index contributed by atoms with van der Waals surface area (Å²) >= 11 is 0.668. The first-order valence-corrected chi connectivity index (χ1v) is 5.24. The monoisotopic (exact) mass is 256 g/mol. The molecule has 5 nitrogen and oxygen atoms in total. The molecular formula is C7H11F3N4OS. The fraction of sp³-hybridized carbons (Fsp3) is 0.714. The average molecular weight is 256 g/mol. The minimum Gasteiger partial charge on any atom is -0.378 e. The Hall–Kier alpha value is -0.930. The molecule has 0 atom stereocenters. The second-order valence-corrected chi connectivity index (χ2v) is 3.50. The van der Waals surface area contributed by atoms with Crippen molar-refractivity contribution in [1.29, 1.82) is 0 Å². The maximum atomic E-state index is 12.1. The Morgan fingerprint density at radius 3 is 2.69 bits per heavy atom. The van der Waals surface area contributed by atoms with Crippen LogP contribution in [-0.4, -0.2) is 35.7 Å². The maximum Gasteiger partial charge on any atom is 0.452 e. The van der Waals surface area contributed by atoms with Gasteiger partial charge in [0.2, 0.25) is 11.0 Å². The Bertz CT molecular complexity index is 317. The molecule has 0 fully saturated rings. The molecule has 1 aromatic heterocycles. The lowest BCUT2D eigenvalue weighted by molar-refractivity contribution is -0.144. The average Bonchev–Trinajstić information content (AvgIpc) is 2.65. The van der Waals surface area contributed by atoms with Crippen LogP contribution >= 0.6 is 11.5 Å². The van der Waals surface area contributed by atoms with Gasteiger partial charge in [0.25, 0.3) is 0 Å². The fourth-order valence-corrected chi connectivity index (χ4v) is 1.44. The van der Waals surface area contributed by atoms with Gasteiger partial charge in [0.05, 0.1) is 13.2 Å². The van der Waals surface area contributed by atoms with Crippen molar-refractivity contribution in [2.45, 2.75) is 6.18 Å². The van der Waals surface area contributed by atoms with Crippen LogP contribution in [0.4, 0.5) is 18.3 Å². The SMILES string of the molecule is NCCOCCNc1nc(C(F)(F)F)ns1. The molecule has 92 valence electrons. The molecule has 1 heterocycles. The van der Waals surface area contributed by atoms with Crippen molar-refractivity contribution < 1.29 is 17.9 Å². The molecule has 0 bridgehead atoms. The number of anilines is 1. The van der Waals surface area contributed by atoms with Crippen LogP contribution in [0, 0.1) is 0 Å². The molecule has 0 spiro atoms. The van der Waals surface area contributed by atoms with Crippen molar-refractivity contribution in [3.8, 4) is 0 Å². The fourth-order valence-electron chi connectivity index (χ4n) is 0.826. The summed E-state index contributed by atoms with van der Waals surface area (Å²) in [5.41, 5.74) is 5.18. The number of nitrogens with zero attached hydrogens (tertiary/aromatic N) is 2. The molecule has 0 aromatic carbocycles.